The Hall–Kier alpha value is -2.02. The molecule has 1 amide bonds. The smallest absolute Gasteiger partial charge is 0.252 e. The van der Waals surface area contributed by atoms with E-state index >= 15 is 0 Å². The molecule has 1 saturated heterocycles. The monoisotopic (exact) mass is 412 g/mol. The SMILES string of the molecule is CC(C)c1cccc2sc(N(CC3CCCO3)C(=O)/C=C/c3cccs3)nc12. The average molecular weight is 413 g/mol. The van der Waals surface area contributed by atoms with Crippen molar-refractivity contribution in [3.8, 4) is 0 Å². The Kier molecular flexibility index (Phi) is 5.90. The highest BCUT2D eigenvalue weighted by atomic mass is 32.1. The summed E-state index contributed by atoms with van der Waals surface area (Å²) < 4.78 is 6.92. The topological polar surface area (TPSA) is 42.4 Å². The summed E-state index contributed by atoms with van der Waals surface area (Å²) in [5.74, 6) is 0.341. The Morgan fingerprint density at radius 2 is 2.25 bits per heavy atom. The zero-order chi connectivity index (χ0) is 19.5. The Morgan fingerprint density at radius 1 is 1.36 bits per heavy atom. The van der Waals surface area contributed by atoms with Crippen LogP contribution < -0.4 is 4.90 Å². The van der Waals surface area contributed by atoms with Gasteiger partial charge in [-0.15, -0.1) is 11.3 Å². The molecule has 1 aliphatic rings. The molecule has 1 fully saturated rings. The quantitative estimate of drug-likeness (QED) is 0.487. The maximum absolute atomic E-state index is 13.1. The van der Waals surface area contributed by atoms with Gasteiger partial charge in [0.15, 0.2) is 5.13 Å². The molecule has 3 aromatic rings. The number of rotatable bonds is 6. The number of amides is 1. The number of aromatic nitrogens is 1. The van der Waals surface area contributed by atoms with E-state index in [-0.39, 0.29) is 12.0 Å². The van der Waals surface area contributed by atoms with E-state index in [0.717, 1.165) is 39.7 Å². The molecule has 0 bridgehead atoms. The Labute approximate surface area is 173 Å². The van der Waals surface area contributed by atoms with Crippen LogP contribution in [0, 0.1) is 0 Å². The molecule has 0 aliphatic carbocycles. The van der Waals surface area contributed by atoms with E-state index in [1.165, 1.54) is 5.56 Å². The summed E-state index contributed by atoms with van der Waals surface area (Å²) in [6, 6.07) is 10.3. The minimum Gasteiger partial charge on any atom is -0.376 e. The first-order valence-electron chi connectivity index (χ1n) is 9.66. The van der Waals surface area contributed by atoms with Gasteiger partial charge in [0.25, 0.3) is 5.91 Å². The van der Waals surface area contributed by atoms with Gasteiger partial charge in [-0.05, 0) is 47.9 Å². The molecule has 0 saturated carbocycles. The molecule has 1 aliphatic heterocycles. The molecule has 1 aromatic carbocycles. The Morgan fingerprint density at radius 3 is 2.96 bits per heavy atom. The second-order valence-corrected chi connectivity index (χ2v) is 9.27. The largest absolute Gasteiger partial charge is 0.376 e. The van der Waals surface area contributed by atoms with Crippen molar-refractivity contribution in [3.63, 3.8) is 0 Å². The summed E-state index contributed by atoms with van der Waals surface area (Å²) in [6.07, 6.45) is 5.64. The first-order valence-corrected chi connectivity index (χ1v) is 11.4. The lowest BCUT2D eigenvalue weighted by Crippen LogP contribution is -2.36. The van der Waals surface area contributed by atoms with Crippen LogP contribution in [0.4, 0.5) is 5.13 Å². The lowest BCUT2D eigenvalue weighted by Gasteiger charge is -2.21. The molecular formula is C22H24N2O2S2. The van der Waals surface area contributed by atoms with Crippen molar-refractivity contribution >= 4 is 50.0 Å². The van der Waals surface area contributed by atoms with Gasteiger partial charge < -0.3 is 4.74 Å². The van der Waals surface area contributed by atoms with Crippen molar-refractivity contribution in [3.05, 3.63) is 52.2 Å². The molecule has 4 nitrogen and oxygen atoms in total. The van der Waals surface area contributed by atoms with Crippen LogP contribution in [0.3, 0.4) is 0 Å². The lowest BCUT2D eigenvalue weighted by atomic mass is 10.0. The molecule has 146 valence electrons. The minimum atomic E-state index is -0.0472. The van der Waals surface area contributed by atoms with E-state index < -0.39 is 0 Å². The number of ether oxygens (including phenoxy) is 1. The van der Waals surface area contributed by atoms with Gasteiger partial charge in [-0.1, -0.05) is 43.4 Å². The summed E-state index contributed by atoms with van der Waals surface area (Å²) in [7, 11) is 0. The van der Waals surface area contributed by atoms with Gasteiger partial charge in [-0.2, -0.15) is 0 Å². The van der Waals surface area contributed by atoms with E-state index in [1.54, 1.807) is 33.6 Å². The number of hydrogen-bond donors (Lipinski definition) is 0. The van der Waals surface area contributed by atoms with Gasteiger partial charge in [0.05, 0.1) is 22.9 Å². The predicted molar refractivity (Wildman–Crippen MR) is 118 cm³/mol. The summed E-state index contributed by atoms with van der Waals surface area (Å²) >= 11 is 3.20. The number of fused-ring (bicyclic) bond motifs is 1. The van der Waals surface area contributed by atoms with Crippen molar-refractivity contribution in [2.24, 2.45) is 0 Å². The molecule has 1 unspecified atom stereocenters. The van der Waals surface area contributed by atoms with E-state index in [0.29, 0.717) is 12.5 Å². The number of carbonyl (C=O) groups is 1. The highest BCUT2D eigenvalue weighted by molar-refractivity contribution is 7.22. The van der Waals surface area contributed by atoms with Gasteiger partial charge in [0.1, 0.15) is 0 Å². The van der Waals surface area contributed by atoms with Crippen LogP contribution in [0.25, 0.3) is 16.3 Å². The number of thiophene rings is 1. The molecular weight excluding hydrogens is 388 g/mol. The highest BCUT2D eigenvalue weighted by Crippen LogP contribution is 2.34. The van der Waals surface area contributed by atoms with E-state index in [1.807, 2.05) is 23.6 Å². The summed E-state index contributed by atoms with van der Waals surface area (Å²) in [5, 5.41) is 2.76. The fourth-order valence-corrected chi connectivity index (χ4v) is 5.06. The van der Waals surface area contributed by atoms with Crippen LogP contribution in [-0.4, -0.2) is 30.1 Å². The number of benzene rings is 1. The maximum atomic E-state index is 13.1. The number of hydrogen-bond acceptors (Lipinski definition) is 5. The Balaban J connectivity index is 1.67. The van der Waals surface area contributed by atoms with Crippen molar-refractivity contribution in [2.45, 2.75) is 38.7 Å². The number of carbonyl (C=O) groups excluding carboxylic acids is 1. The molecule has 2 aromatic heterocycles. The standard InChI is InChI=1S/C22H24N2O2S2/c1-15(2)18-8-3-9-19-21(18)23-22(28-19)24(14-16-6-4-12-26-16)20(25)11-10-17-7-5-13-27-17/h3,5,7-11,13,15-16H,4,6,12,14H2,1-2H3/b11-10+. The van der Waals surface area contributed by atoms with Crippen LogP contribution in [-0.2, 0) is 9.53 Å². The first kappa shape index (κ1) is 19.3. The third-order valence-corrected chi connectivity index (χ3v) is 6.78. The number of thiazole rings is 1. The molecule has 1 atom stereocenters. The van der Waals surface area contributed by atoms with Crippen LogP contribution in [0.15, 0.2) is 41.8 Å². The van der Waals surface area contributed by atoms with Crippen molar-refractivity contribution in [1.29, 1.82) is 0 Å². The van der Waals surface area contributed by atoms with E-state index in [9.17, 15) is 4.79 Å². The number of para-hydroxylation sites is 1. The molecule has 0 radical (unpaired) electrons. The Bertz CT molecular complexity index is 970. The van der Waals surface area contributed by atoms with Crippen molar-refractivity contribution in [1.82, 2.24) is 4.98 Å². The van der Waals surface area contributed by atoms with Gasteiger partial charge in [0.2, 0.25) is 0 Å². The summed E-state index contributed by atoms with van der Waals surface area (Å²) in [4.78, 5) is 20.8. The third-order valence-electron chi connectivity index (χ3n) is 4.90. The number of anilines is 1. The first-order chi connectivity index (χ1) is 13.6. The van der Waals surface area contributed by atoms with Crippen LogP contribution in [0.1, 0.15) is 43.0 Å². The molecule has 0 N–H and O–H groups in total. The van der Waals surface area contributed by atoms with Gasteiger partial charge in [-0.3, -0.25) is 9.69 Å². The normalized spacial score (nSPS) is 17.2. The van der Waals surface area contributed by atoms with E-state index in [4.69, 9.17) is 9.72 Å². The number of nitrogens with zero attached hydrogens (tertiary/aromatic N) is 2. The second-order valence-electron chi connectivity index (χ2n) is 7.28. The predicted octanol–water partition coefficient (Wildman–Crippen LogP) is 5.71. The minimum absolute atomic E-state index is 0.0472. The average Bonchev–Trinajstić information content (AvgIpc) is 3.45. The second kappa shape index (κ2) is 8.55. The van der Waals surface area contributed by atoms with Gasteiger partial charge in [-0.25, -0.2) is 4.98 Å². The maximum Gasteiger partial charge on any atom is 0.252 e. The summed E-state index contributed by atoms with van der Waals surface area (Å²) in [6.45, 7) is 5.67. The molecule has 6 heteroatoms. The lowest BCUT2D eigenvalue weighted by molar-refractivity contribution is -0.114. The third kappa shape index (κ3) is 4.19. The van der Waals surface area contributed by atoms with Crippen molar-refractivity contribution in [2.75, 3.05) is 18.1 Å². The summed E-state index contributed by atoms with van der Waals surface area (Å²) in [5.41, 5.74) is 2.23. The van der Waals surface area contributed by atoms with Crippen LogP contribution >= 0.6 is 22.7 Å². The molecule has 4 rings (SSSR count). The van der Waals surface area contributed by atoms with Crippen LogP contribution in [0.5, 0.6) is 0 Å². The highest BCUT2D eigenvalue weighted by Gasteiger charge is 2.25. The van der Waals surface area contributed by atoms with Gasteiger partial charge in [0, 0.05) is 17.6 Å². The van der Waals surface area contributed by atoms with Crippen LogP contribution in [0.2, 0.25) is 0 Å². The zero-order valence-corrected chi connectivity index (χ0v) is 17.8. The fourth-order valence-electron chi connectivity index (χ4n) is 3.42. The fraction of sp³-hybridized carbons (Fsp3) is 0.364. The molecule has 28 heavy (non-hydrogen) atoms. The van der Waals surface area contributed by atoms with Gasteiger partial charge >= 0.3 is 0 Å². The van der Waals surface area contributed by atoms with Crippen molar-refractivity contribution < 1.29 is 9.53 Å². The van der Waals surface area contributed by atoms with E-state index in [2.05, 4.69) is 32.0 Å². The zero-order valence-electron chi connectivity index (χ0n) is 16.1. The molecule has 3 heterocycles. The molecule has 0 spiro atoms.